The quantitative estimate of drug-likeness (QED) is 0.756. The molecule has 2 atom stereocenters. The highest BCUT2D eigenvalue weighted by Gasteiger charge is 2.21. The Hall–Kier alpha value is -1.73. The molecule has 2 aromatic rings. The van der Waals surface area contributed by atoms with Crippen molar-refractivity contribution < 1.29 is 13.5 Å². The van der Waals surface area contributed by atoms with Crippen molar-refractivity contribution in [3.63, 3.8) is 0 Å². The van der Waals surface area contributed by atoms with Gasteiger partial charge in [-0.05, 0) is 38.6 Å². The molecule has 0 fully saturated rings. The van der Waals surface area contributed by atoms with Gasteiger partial charge in [0.1, 0.15) is 0 Å². The van der Waals surface area contributed by atoms with Crippen LogP contribution in [0.2, 0.25) is 0 Å². The molecule has 0 aliphatic rings. The van der Waals surface area contributed by atoms with Crippen molar-refractivity contribution in [1.82, 2.24) is 9.62 Å². The van der Waals surface area contributed by atoms with E-state index in [-0.39, 0.29) is 17.5 Å². The molecule has 2 rings (SSSR count). The van der Waals surface area contributed by atoms with E-state index in [1.807, 2.05) is 56.1 Å². The third kappa shape index (κ3) is 5.37. The molecule has 2 N–H and O–H groups in total. The molecule has 6 heteroatoms. The summed E-state index contributed by atoms with van der Waals surface area (Å²) >= 11 is 0. The van der Waals surface area contributed by atoms with Gasteiger partial charge in [-0.15, -0.1) is 0 Å². The van der Waals surface area contributed by atoms with Gasteiger partial charge in [0.25, 0.3) is 0 Å². The Bertz CT molecular complexity index is 761. The molecule has 0 spiro atoms. The number of aryl methyl sites for hydroxylation is 1. The van der Waals surface area contributed by atoms with Crippen LogP contribution >= 0.6 is 0 Å². The van der Waals surface area contributed by atoms with E-state index in [1.165, 1.54) is 0 Å². The summed E-state index contributed by atoms with van der Waals surface area (Å²) in [6.45, 7) is 4.61. The molecule has 0 aliphatic carbocycles. The molecule has 0 aliphatic heterocycles. The first-order chi connectivity index (χ1) is 11.8. The van der Waals surface area contributed by atoms with E-state index in [4.69, 9.17) is 0 Å². The molecular formula is C19H26N2O3S. The largest absolute Gasteiger partial charge is 0.387 e. The summed E-state index contributed by atoms with van der Waals surface area (Å²) in [7, 11) is -1.64. The summed E-state index contributed by atoms with van der Waals surface area (Å²) in [4.78, 5) is 2.20. The van der Waals surface area contributed by atoms with E-state index in [2.05, 4.69) is 4.72 Å². The lowest BCUT2D eigenvalue weighted by atomic mass is 10.0. The maximum absolute atomic E-state index is 12.3. The first-order valence-corrected chi connectivity index (χ1v) is 9.79. The Morgan fingerprint density at radius 3 is 2.28 bits per heavy atom. The van der Waals surface area contributed by atoms with Gasteiger partial charge >= 0.3 is 0 Å². The summed E-state index contributed by atoms with van der Waals surface area (Å²) < 4.78 is 27.2. The minimum Gasteiger partial charge on any atom is -0.387 e. The van der Waals surface area contributed by atoms with E-state index in [9.17, 15) is 13.5 Å². The van der Waals surface area contributed by atoms with E-state index < -0.39 is 16.1 Å². The molecule has 0 saturated carbocycles. The van der Waals surface area contributed by atoms with Crippen LogP contribution in [0.5, 0.6) is 0 Å². The number of likely N-dealkylation sites (N-methyl/N-ethyl adjacent to an activating group) is 1. The third-order valence-corrected chi connectivity index (χ3v) is 5.86. The topological polar surface area (TPSA) is 69.6 Å². The average molecular weight is 362 g/mol. The van der Waals surface area contributed by atoms with Gasteiger partial charge in [-0.1, -0.05) is 48.0 Å². The maximum Gasteiger partial charge on any atom is 0.240 e. The second-order valence-corrected chi connectivity index (χ2v) is 8.05. The molecule has 2 aromatic carbocycles. The number of nitrogens with zero attached hydrogens (tertiary/aromatic N) is 1. The summed E-state index contributed by atoms with van der Waals surface area (Å²) in [6, 6.07) is 16.1. The minimum absolute atomic E-state index is 0.133. The number of nitrogens with one attached hydrogen (secondary N) is 1. The van der Waals surface area contributed by atoms with Gasteiger partial charge in [-0.3, -0.25) is 4.90 Å². The number of benzene rings is 2. The van der Waals surface area contributed by atoms with Crippen molar-refractivity contribution in [3.05, 3.63) is 65.7 Å². The predicted octanol–water partition coefficient (Wildman–Crippen LogP) is 2.33. The van der Waals surface area contributed by atoms with Crippen LogP contribution in [0, 0.1) is 6.92 Å². The van der Waals surface area contributed by atoms with Gasteiger partial charge < -0.3 is 5.11 Å². The van der Waals surface area contributed by atoms with Gasteiger partial charge in [0.15, 0.2) is 0 Å². The van der Waals surface area contributed by atoms with Crippen molar-refractivity contribution >= 4 is 10.0 Å². The number of rotatable bonds is 8. The highest BCUT2D eigenvalue weighted by Crippen LogP contribution is 2.19. The predicted molar refractivity (Wildman–Crippen MR) is 99.9 cm³/mol. The summed E-state index contributed by atoms with van der Waals surface area (Å²) in [5.74, 6) is 0. The lowest BCUT2D eigenvalue weighted by molar-refractivity contribution is 0.0738. The van der Waals surface area contributed by atoms with Crippen molar-refractivity contribution in [3.8, 4) is 0 Å². The minimum atomic E-state index is -3.51. The second-order valence-electron chi connectivity index (χ2n) is 6.29. The summed E-state index contributed by atoms with van der Waals surface area (Å²) in [6.07, 6.45) is -0.625. The Balaban J connectivity index is 1.89. The van der Waals surface area contributed by atoms with E-state index in [0.717, 1.165) is 11.1 Å². The van der Waals surface area contributed by atoms with Crippen LogP contribution in [0.25, 0.3) is 0 Å². The number of hydrogen-bond acceptors (Lipinski definition) is 4. The number of hydrogen-bond donors (Lipinski definition) is 2. The molecule has 0 saturated heterocycles. The molecule has 0 aromatic heterocycles. The molecular weight excluding hydrogens is 336 g/mol. The highest BCUT2D eigenvalue weighted by atomic mass is 32.2. The van der Waals surface area contributed by atoms with Crippen molar-refractivity contribution in [2.45, 2.75) is 30.9 Å². The fraction of sp³-hybridized carbons (Fsp3) is 0.368. The van der Waals surface area contributed by atoms with Gasteiger partial charge in [-0.2, -0.15) is 0 Å². The van der Waals surface area contributed by atoms with Crippen molar-refractivity contribution in [2.24, 2.45) is 0 Å². The van der Waals surface area contributed by atoms with Crippen molar-refractivity contribution in [2.75, 3.05) is 20.1 Å². The molecule has 0 unspecified atom stereocenters. The monoisotopic (exact) mass is 362 g/mol. The van der Waals surface area contributed by atoms with E-state index in [1.54, 1.807) is 24.3 Å². The first kappa shape index (κ1) is 19.6. The average Bonchev–Trinajstić information content (AvgIpc) is 2.61. The zero-order valence-corrected chi connectivity index (χ0v) is 15.7. The van der Waals surface area contributed by atoms with E-state index in [0.29, 0.717) is 6.54 Å². The number of aliphatic hydroxyl groups excluding tert-OH is 1. The second kappa shape index (κ2) is 8.58. The lowest BCUT2D eigenvalue weighted by Crippen LogP contribution is -2.40. The van der Waals surface area contributed by atoms with Crippen LogP contribution in [0.1, 0.15) is 24.2 Å². The molecule has 25 heavy (non-hydrogen) atoms. The van der Waals surface area contributed by atoms with Crippen LogP contribution in [0.4, 0.5) is 0 Å². The fourth-order valence-electron chi connectivity index (χ4n) is 2.53. The Labute approximate surface area is 150 Å². The van der Waals surface area contributed by atoms with Crippen LogP contribution in [-0.4, -0.2) is 44.6 Å². The zero-order chi connectivity index (χ0) is 18.4. The lowest BCUT2D eigenvalue weighted by Gasteiger charge is -2.29. The number of sulfonamides is 1. The van der Waals surface area contributed by atoms with Gasteiger partial charge in [0, 0.05) is 19.1 Å². The van der Waals surface area contributed by atoms with Crippen molar-refractivity contribution in [1.29, 1.82) is 0 Å². The zero-order valence-electron chi connectivity index (χ0n) is 14.9. The normalized spacial score (nSPS) is 14.4. The molecule has 136 valence electrons. The molecule has 0 amide bonds. The van der Waals surface area contributed by atoms with E-state index >= 15 is 0 Å². The highest BCUT2D eigenvalue weighted by molar-refractivity contribution is 7.89. The smallest absolute Gasteiger partial charge is 0.240 e. The Morgan fingerprint density at radius 1 is 1.08 bits per heavy atom. The van der Waals surface area contributed by atoms with Crippen LogP contribution in [-0.2, 0) is 10.0 Å². The maximum atomic E-state index is 12.3. The Kier molecular flexibility index (Phi) is 6.72. The van der Waals surface area contributed by atoms with Gasteiger partial charge in [0.05, 0.1) is 11.0 Å². The standard InChI is InChI=1S/C19H26N2O3S/c1-15-9-11-18(12-10-15)25(23,24)20-13-14-21(3)16(2)19(22)17-7-5-4-6-8-17/h4-12,16,19-20,22H,13-14H2,1-3H3/t16-,19-/m0/s1. The van der Waals surface area contributed by atoms with Crippen LogP contribution < -0.4 is 4.72 Å². The van der Waals surface area contributed by atoms with Crippen LogP contribution in [0.3, 0.4) is 0 Å². The number of aliphatic hydroxyl groups is 1. The first-order valence-electron chi connectivity index (χ1n) is 8.31. The van der Waals surface area contributed by atoms with Gasteiger partial charge in [0.2, 0.25) is 10.0 Å². The molecule has 0 radical (unpaired) electrons. The van der Waals surface area contributed by atoms with Crippen LogP contribution in [0.15, 0.2) is 59.5 Å². The molecule has 0 heterocycles. The summed E-state index contributed by atoms with van der Waals surface area (Å²) in [5.41, 5.74) is 1.87. The third-order valence-electron chi connectivity index (χ3n) is 4.38. The molecule has 5 nitrogen and oxygen atoms in total. The summed E-state index contributed by atoms with van der Waals surface area (Å²) in [5, 5.41) is 10.4. The Morgan fingerprint density at radius 2 is 1.68 bits per heavy atom. The fourth-order valence-corrected chi connectivity index (χ4v) is 3.55. The SMILES string of the molecule is Cc1ccc(S(=O)(=O)NCCN(C)[C@@H](C)[C@H](O)c2ccccc2)cc1. The van der Waals surface area contributed by atoms with Gasteiger partial charge in [-0.25, -0.2) is 13.1 Å². The molecule has 0 bridgehead atoms.